The number of rotatable bonds is 1. The van der Waals surface area contributed by atoms with Gasteiger partial charge in [0.2, 0.25) is 0 Å². The van der Waals surface area contributed by atoms with Crippen LogP contribution in [0, 0.1) is 17.3 Å². The molecule has 2 unspecified atom stereocenters. The molecule has 0 spiro atoms. The van der Waals surface area contributed by atoms with Crippen LogP contribution < -0.4 is 0 Å². The zero-order valence-corrected chi connectivity index (χ0v) is 9.33. The van der Waals surface area contributed by atoms with E-state index < -0.39 is 0 Å². The Morgan fingerprint density at radius 1 is 1.43 bits per heavy atom. The molecule has 0 aromatic carbocycles. The van der Waals surface area contributed by atoms with Crippen molar-refractivity contribution in [1.29, 1.82) is 0 Å². The van der Waals surface area contributed by atoms with Crippen LogP contribution in [0.25, 0.3) is 0 Å². The molecule has 14 heavy (non-hydrogen) atoms. The van der Waals surface area contributed by atoms with Gasteiger partial charge in [0.15, 0.2) is 0 Å². The van der Waals surface area contributed by atoms with E-state index >= 15 is 0 Å². The van der Waals surface area contributed by atoms with E-state index in [-0.39, 0.29) is 11.6 Å². The highest BCUT2D eigenvalue weighted by Gasteiger charge is 2.58. The van der Waals surface area contributed by atoms with Crippen molar-refractivity contribution < 1.29 is 9.53 Å². The summed E-state index contributed by atoms with van der Waals surface area (Å²) >= 11 is 0. The zero-order chi connectivity index (χ0) is 10.6. The molecule has 0 aromatic rings. The number of ether oxygens (including phenoxy) is 1. The SMILES string of the molecule is CC(=O)OC1(C)C=CC2C[C@@H]1C2(C)C. The molecule has 78 valence electrons. The lowest BCUT2D eigenvalue weighted by molar-refractivity contribution is -0.178. The van der Waals surface area contributed by atoms with Gasteiger partial charge in [-0.2, -0.15) is 0 Å². The van der Waals surface area contributed by atoms with Gasteiger partial charge in [-0.25, -0.2) is 0 Å². The van der Waals surface area contributed by atoms with E-state index in [1.54, 1.807) is 0 Å². The Morgan fingerprint density at radius 3 is 2.50 bits per heavy atom. The summed E-state index contributed by atoms with van der Waals surface area (Å²) in [6.07, 6.45) is 5.44. The van der Waals surface area contributed by atoms with E-state index in [0.29, 0.717) is 17.3 Å². The van der Waals surface area contributed by atoms with Crippen LogP contribution in [0.1, 0.15) is 34.1 Å². The molecule has 3 atom stereocenters. The van der Waals surface area contributed by atoms with E-state index in [1.807, 2.05) is 6.92 Å². The van der Waals surface area contributed by atoms with Crippen molar-refractivity contribution in [3.63, 3.8) is 0 Å². The Bertz CT molecular complexity index is 303. The average molecular weight is 194 g/mol. The van der Waals surface area contributed by atoms with Crippen molar-refractivity contribution >= 4 is 5.97 Å². The first-order chi connectivity index (χ1) is 6.36. The van der Waals surface area contributed by atoms with Crippen LogP contribution in [-0.4, -0.2) is 11.6 Å². The Balaban J connectivity index is 2.26. The Hall–Kier alpha value is -0.790. The molecule has 3 rings (SSSR count). The van der Waals surface area contributed by atoms with Gasteiger partial charge in [0.05, 0.1) is 0 Å². The Kier molecular flexibility index (Phi) is 1.82. The lowest BCUT2D eigenvalue weighted by Crippen LogP contribution is -2.58. The standard InChI is InChI=1S/C12H18O2/c1-8(13)14-12(4)6-5-9-7-10(12)11(9,2)3/h5-6,9-10H,7H2,1-4H3/t9?,10-,12?/m1/s1. The summed E-state index contributed by atoms with van der Waals surface area (Å²) in [4.78, 5) is 11.0. The molecule has 3 aliphatic rings. The molecular weight excluding hydrogens is 176 g/mol. The third kappa shape index (κ3) is 1.13. The van der Waals surface area contributed by atoms with Crippen molar-refractivity contribution in [2.45, 2.75) is 39.7 Å². The minimum atomic E-state index is -0.371. The van der Waals surface area contributed by atoms with Crippen LogP contribution in [0.3, 0.4) is 0 Å². The van der Waals surface area contributed by atoms with Gasteiger partial charge in [0, 0.05) is 12.8 Å². The van der Waals surface area contributed by atoms with Gasteiger partial charge < -0.3 is 4.74 Å². The Labute approximate surface area is 85.3 Å². The van der Waals surface area contributed by atoms with E-state index in [1.165, 1.54) is 6.92 Å². The molecule has 0 amide bonds. The van der Waals surface area contributed by atoms with E-state index in [0.717, 1.165) is 6.42 Å². The lowest BCUT2D eigenvalue weighted by Gasteiger charge is -2.60. The number of carbonyl (C=O) groups is 1. The number of carbonyl (C=O) groups excluding carboxylic acids is 1. The normalized spacial score (nSPS) is 42.9. The maximum atomic E-state index is 11.0. The highest BCUT2D eigenvalue weighted by atomic mass is 16.6. The number of esters is 1. The molecule has 0 aromatic heterocycles. The first-order valence-corrected chi connectivity index (χ1v) is 5.25. The lowest BCUT2D eigenvalue weighted by atomic mass is 9.47. The summed E-state index contributed by atoms with van der Waals surface area (Å²) in [6.45, 7) is 8.03. The summed E-state index contributed by atoms with van der Waals surface area (Å²) in [7, 11) is 0. The molecule has 3 aliphatic carbocycles. The van der Waals surface area contributed by atoms with Crippen LogP contribution in [0.4, 0.5) is 0 Å². The molecule has 1 saturated carbocycles. The molecule has 0 aliphatic heterocycles. The molecular formula is C12H18O2. The predicted octanol–water partition coefficient (Wildman–Crippen LogP) is 2.54. The molecule has 0 N–H and O–H groups in total. The summed E-state index contributed by atoms with van der Waals surface area (Å²) in [5, 5.41) is 0. The van der Waals surface area contributed by atoms with Crippen LogP contribution in [0.5, 0.6) is 0 Å². The van der Waals surface area contributed by atoms with Crippen molar-refractivity contribution in [3.8, 4) is 0 Å². The van der Waals surface area contributed by atoms with E-state index in [4.69, 9.17) is 4.74 Å². The molecule has 0 heterocycles. The minimum absolute atomic E-state index is 0.182. The van der Waals surface area contributed by atoms with Gasteiger partial charge in [-0.05, 0) is 30.8 Å². The van der Waals surface area contributed by atoms with Crippen LogP contribution in [0.15, 0.2) is 12.2 Å². The molecule has 2 nitrogen and oxygen atoms in total. The molecule has 2 heteroatoms. The molecule has 0 radical (unpaired) electrons. The fraction of sp³-hybridized carbons (Fsp3) is 0.750. The topological polar surface area (TPSA) is 26.3 Å². The van der Waals surface area contributed by atoms with Gasteiger partial charge >= 0.3 is 5.97 Å². The van der Waals surface area contributed by atoms with Crippen LogP contribution in [-0.2, 0) is 9.53 Å². The largest absolute Gasteiger partial charge is 0.455 e. The van der Waals surface area contributed by atoms with Gasteiger partial charge in [0.25, 0.3) is 0 Å². The predicted molar refractivity (Wildman–Crippen MR) is 54.7 cm³/mol. The van der Waals surface area contributed by atoms with Gasteiger partial charge in [-0.1, -0.05) is 19.9 Å². The second-order valence-corrected chi connectivity index (χ2v) is 5.35. The maximum Gasteiger partial charge on any atom is 0.303 e. The third-order valence-corrected chi connectivity index (χ3v) is 4.06. The third-order valence-electron chi connectivity index (χ3n) is 4.06. The summed E-state index contributed by atoms with van der Waals surface area (Å²) in [5.74, 6) is 0.975. The quantitative estimate of drug-likeness (QED) is 0.473. The first-order valence-electron chi connectivity index (χ1n) is 5.25. The highest BCUT2D eigenvalue weighted by Crippen LogP contribution is 2.60. The van der Waals surface area contributed by atoms with Crippen molar-refractivity contribution in [3.05, 3.63) is 12.2 Å². The summed E-state index contributed by atoms with van der Waals surface area (Å²) < 4.78 is 5.44. The second-order valence-electron chi connectivity index (χ2n) is 5.35. The highest BCUT2D eigenvalue weighted by molar-refractivity contribution is 5.67. The monoisotopic (exact) mass is 194 g/mol. The second kappa shape index (κ2) is 2.62. The minimum Gasteiger partial charge on any atom is -0.455 e. The number of hydrogen-bond acceptors (Lipinski definition) is 2. The molecule has 0 saturated heterocycles. The van der Waals surface area contributed by atoms with Gasteiger partial charge in [-0.15, -0.1) is 0 Å². The number of fused-ring (bicyclic) bond motifs is 1. The number of hydrogen-bond donors (Lipinski definition) is 0. The van der Waals surface area contributed by atoms with Crippen molar-refractivity contribution in [2.75, 3.05) is 0 Å². The van der Waals surface area contributed by atoms with E-state index in [9.17, 15) is 4.79 Å². The van der Waals surface area contributed by atoms with Gasteiger partial charge in [-0.3, -0.25) is 4.79 Å². The smallest absolute Gasteiger partial charge is 0.303 e. The fourth-order valence-electron chi connectivity index (χ4n) is 3.10. The fourth-order valence-corrected chi connectivity index (χ4v) is 3.10. The molecule has 1 fully saturated rings. The van der Waals surface area contributed by atoms with Crippen molar-refractivity contribution in [1.82, 2.24) is 0 Å². The van der Waals surface area contributed by atoms with Crippen molar-refractivity contribution in [2.24, 2.45) is 17.3 Å². The van der Waals surface area contributed by atoms with Crippen LogP contribution in [0.2, 0.25) is 0 Å². The Morgan fingerprint density at radius 2 is 2.07 bits per heavy atom. The molecule has 2 bridgehead atoms. The van der Waals surface area contributed by atoms with Gasteiger partial charge in [0.1, 0.15) is 5.60 Å². The summed E-state index contributed by atoms with van der Waals surface area (Å²) in [6, 6.07) is 0. The zero-order valence-electron chi connectivity index (χ0n) is 9.33. The summed E-state index contributed by atoms with van der Waals surface area (Å²) in [5.41, 5.74) is -0.0803. The van der Waals surface area contributed by atoms with Crippen LogP contribution >= 0.6 is 0 Å². The number of allylic oxidation sites excluding steroid dienone is 1. The maximum absolute atomic E-state index is 11.0. The van der Waals surface area contributed by atoms with E-state index in [2.05, 4.69) is 26.0 Å². The first kappa shape index (κ1) is 9.75. The average Bonchev–Trinajstić information content (AvgIpc) is 2.00.